The number of hydrazone groups is 1. The number of carbonyl (C=O) groups is 1. The van der Waals surface area contributed by atoms with Gasteiger partial charge in [0.25, 0.3) is 11.6 Å². The Morgan fingerprint density at radius 3 is 2.60 bits per heavy atom. The van der Waals surface area contributed by atoms with E-state index < -0.39 is 22.6 Å². The summed E-state index contributed by atoms with van der Waals surface area (Å²) in [6.45, 7) is 1.70. The van der Waals surface area contributed by atoms with Crippen molar-refractivity contribution < 1.29 is 27.3 Å². The third-order valence-corrected chi connectivity index (χ3v) is 4.12. The highest BCUT2D eigenvalue weighted by Crippen LogP contribution is 2.30. The van der Waals surface area contributed by atoms with Gasteiger partial charge in [-0.3, -0.25) is 14.9 Å². The Balaban J connectivity index is 1.69. The lowest BCUT2D eigenvalue weighted by Gasteiger charge is -2.07. The summed E-state index contributed by atoms with van der Waals surface area (Å²) in [4.78, 5) is 22.3. The first-order valence-electron chi connectivity index (χ1n) is 8.51. The molecule has 0 spiro atoms. The van der Waals surface area contributed by atoms with Gasteiger partial charge in [-0.05, 0) is 48.9 Å². The highest BCUT2D eigenvalue weighted by molar-refractivity contribution is 5.95. The van der Waals surface area contributed by atoms with Crippen molar-refractivity contribution >= 4 is 17.8 Å². The first kappa shape index (κ1) is 20.8. The number of furan rings is 1. The number of hydrogen-bond acceptors (Lipinski definition) is 5. The van der Waals surface area contributed by atoms with E-state index in [0.29, 0.717) is 16.9 Å². The molecule has 0 aliphatic rings. The molecule has 7 nitrogen and oxygen atoms in total. The first-order chi connectivity index (χ1) is 14.1. The lowest BCUT2D eigenvalue weighted by Crippen LogP contribution is -2.18. The molecule has 0 saturated heterocycles. The van der Waals surface area contributed by atoms with Gasteiger partial charge in [0, 0.05) is 23.3 Å². The second-order valence-electron chi connectivity index (χ2n) is 6.24. The zero-order valence-corrected chi connectivity index (χ0v) is 15.4. The fourth-order valence-electron chi connectivity index (χ4n) is 2.66. The summed E-state index contributed by atoms with van der Waals surface area (Å²) in [5, 5.41) is 14.5. The Kier molecular flexibility index (Phi) is 5.67. The maximum Gasteiger partial charge on any atom is 0.416 e. The molecule has 0 aliphatic carbocycles. The lowest BCUT2D eigenvalue weighted by molar-refractivity contribution is -0.384. The number of non-ortho nitro benzene ring substituents is 1. The molecule has 1 aromatic heterocycles. The van der Waals surface area contributed by atoms with Crippen LogP contribution in [0.15, 0.2) is 64.1 Å². The summed E-state index contributed by atoms with van der Waals surface area (Å²) in [5.74, 6) is -0.101. The second kappa shape index (κ2) is 8.19. The van der Waals surface area contributed by atoms with Crippen LogP contribution in [0.5, 0.6) is 0 Å². The third kappa shape index (κ3) is 4.72. The van der Waals surface area contributed by atoms with E-state index >= 15 is 0 Å². The topological polar surface area (TPSA) is 97.7 Å². The number of benzene rings is 2. The fourth-order valence-corrected chi connectivity index (χ4v) is 2.66. The normalized spacial score (nSPS) is 11.6. The molecular weight excluding hydrogens is 403 g/mol. The molecule has 30 heavy (non-hydrogen) atoms. The standard InChI is InChI=1S/C20H14F3N3O4/c1-12-9-15(26(28)29)5-7-17(12)18-8-6-16(30-18)11-24-25-19(27)13-3-2-4-14(10-13)20(21,22)23/h2-11H,1H3,(H,25,27)/b24-11-. The van der Waals surface area contributed by atoms with E-state index in [1.807, 2.05) is 0 Å². The van der Waals surface area contributed by atoms with E-state index in [4.69, 9.17) is 4.42 Å². The number of nitro benzene ring substituents is 1. The summed E-state index contributed by atoms with van der Waals surface area (Å²) < 4.78 is 43.8. The van der Waals surface area contributed by atoms with Crippen LogP contribution in [0.4, 0.5) is 18.9 Å². The van der Waals surface area contributed by atoms with Crippen molar-refractivity contribution in [1.29, 1.82) is 0 Å². The minimum atomic E-state index is -4.56. The van der Waals surface area contributed by atoms with E-state index in [9.17, 15) is 28.1 Å². The molecule has 3 aromatic rings. The molecule has 1 amide bonds. The van der Waals surface area contributed by atoms with Crippen LogP contribution in [0, 0.1) is 17.0 Å². The molecule has 0 unspecified atom stereocenters. The molecule has 0 bridgehead atoms. The van der Waals surface area contributed by atoms with Crippen molar-refractivity contribution in [2.24, 2.45) is 5.10 Å². The van der Waals surface area contributed by atoms with Gasteiger partial charge < -0.3 is 4.42 Å². The predicted octanol–water partition coefficient (Wildman–Crippen LogP) is 4.95. The minimum Gasteiger partial charge on any atom is -0.455 e. The van der Waals surface area contributed by atoms with Gasteiger partial charge in [0.05, 0.1) is 16.7 Å². The molecule has 1 N–H and O–H groups in total. The molecule has 0 aliphatic heterocycles. The molecule has 0 fully saturated rings. The van der Waals surface area contributed by atoms with Crippen molar-refractivity contribution in [2.45, 2.75) is 13.1 Å². The average molecular weight is 417 g/mol. The van der Waals surface area contributed by atoms with Crippen molar-refractivity contribution in [1.82, 2.24) is 5.43 Å². The smallest absolute Gasteiger partial charge is 0.416 e. The monoisotopic (exact) mass is 417 g/mol. The number of aryl methyl sites for hydroxylation is 1. The van der Waals surface area contributed by atoms with E-state index in [1.165, 1.54) is 24.4 Å². The number of amides is 1. The summed E-state index contributed by atoms with van der Waals surface area (Å²) in [6.07, 6.45) is -3.37. The highest BCUT2D eigenvalue weighted by Gasteiger charge is 2.30. The first-order valence-corrected chi connectivity index (χ1v) is 8.51. The molecule has 1 heterocycles. The summed E-state index contributed by atoms with van der Waals surface area (Å²) in [7, 11) is 0. The van der Waals surface area contributed by atoms with Gasteiger partial charge in [-0.15, -0.1) is 0 Å². The van der Waals surface area contributed by atoms with Crippen LogP contribution in [-0.4, -0.2) is 17.0 Å². The van der Waals surface area contributed by atoms with E-state index in [2.05, 4.69) is 10.5 Å². The van der Waals surface area contributed by atoms with Crippen LogP contribution in [-0.2, 0) is 6.18 Å². The average Bonchev–Trinajstić information content (AvgIpc) is 3.15. The van der Waals surface area contributed by atoms with Crippen molar-refractivity contribution in [3.63, 3.8) is 0 Å². The fraction of sp³-hybridized carbons (Fsp3) is 0.100. The maximum absolute atomic E-state index is 12.7. The maximum atomic E-state index is 12.7. The van der Waals surface area contributed by atoms with Crippen LogP contribution in [0.2, 0.25) is 0 Å². The van der Waals surface area contributed by atoms with Crippen LogP contribution in [0.3, 0.4) is 0 Å². The SMILES string of the molecule is Cc1cc([N+](=O)[O-])ccc1-c1ccc(/C=N\NC(=O)c2cccc(C(F)(F)F)c2)o1. The van der Waals surface area contributed by atoms with Gasteiger partial charge in [-0.25, -0.2) is 5.43 Å². The molecule has 3 rings (SSSR count). The van der Waals surface area contributed by atoms with Gasteiger partial charge in [-0.2, -0.15) is 18.3 Å². The summed E-state index contributed by atoms with van der Waals surface area (Å²) in [5.41, 5.74) is 2.25. The Labute approximate surface area is 168 Å². The second-order valence-corrected chi connectivity index (χ2v) is 6.24. The molecule has 154 valence electrons. The lowest BCUT2D eigenvalue weighted by atomic mass is 10.1. The number of halogens is 3. The molecule has 10 heteroatoms. The van der Waals surface area contributed by atoms with Crippen LogP contribution in [0.1, 0.15) is 27.2 Å². The Hall–Kier alpha value is -3.95. The number of alkyl halides is 3. The zero-order valence-electron chi connectivity index (χ0n) is 15.4. The largest absolute Gasteiger partial charge is 0.455 e. The predicted molar refractivity (Wildman–Crippen MR) is 102 cm³/mol. The Bertz CT molecular complexity index is 1140. The van der Waals surface area contributed by atoms with E-state index in [-0.39, 0.29) is 17.0 Å². The van der Waals surface area contributed by atoms with Crippen LogP contribution >= 0.6 is 0 Å². The van der Waals surface area contributed by atoms with Crippen LogP contribution in [0.25, 0.3) is 11.3 Å². The Morgan fingerprint density at radius 2 is 1.93 bits per heavy atom. The number of nitro groups is 1. The van der Waals surface area contributed by atoms with Gasteiger partial charge >= 0.3 is 6.18 Å². The molecule has 0 radical (unpaired) electrons. The zero-order chi connectivity index (χ0) is 21.9. The number of carbonyl (C=O) groups excluding carboxylic acids is 1. The molecule has 2 aromatic carbocycles. The highest BCUT2D eigenvalue weighted by atomic mass is 19.4. The van der Waals surface area contributed by atoms with Crippen molar-refractivity contribution in [2.75, 3.05) is 0 Å². The summed E-state index contributed by atoms with van der Waals surface area (Å²) >= 11 is 0. The number of nitrogens with zero attached hydrogens (tertiary/aromatic N) is 2. The quantitative estimate of drug-likeness (QED) is 0.361. The van der Waals surface area contributed by atoms with Gasteiger partial charge in [0.1, 0.15) is 11.5 Å². The van der Waals surface area contributed by atoms with Crippen molar-refractivity contribution in [3.8, 4) is 11.3 Å². The van der Waals surface area contributed by atoms with Gasteiger partial charge in [-0.1, -0.05) is 6.07 Å². The van der Waals surface area contributed by atoms with E-state index in [0.717, 1.165) is 18.2 Å². The van der Waals surface area contributed by atoms with Gasteiger partial charge in [0.15, 0.2) is 0 Å². The molecule has 0 saturated carbocycles. The molecular formula is C20H14F3N3O4. The van der Waals surface area contributed by atoms with Crippen LogP contribution < -0.4 is 5.43 Å². The minimum absolute atomic E-state index is 0.0399. The third-order valence-electron chi connectivity index (χ3n) is 4.12. The number of hydrogen-bond donors (Lipinski definition) is 1. The Morgan fingerprint density at radius 1 is 1.17 bits per heavy atom. The number of rotatable bonds is 5. The summed E-state index contributed by atoms with van der Waals surface area (Å²) in [6, 6.07) is 11.5. The van der Waals surface area contributed by atoms with E-state index in [1.54, 1.807) is 25.1 Å². The van der Waals surface area contributed by atoms with Crippen molar-refractivity contribution in [3.05, 3.63) is 87.2 Å². The number of nitrogens with one attached hydrogen (secondary N) is 1. The van der Waals surface area contributed by atoms with Gasteiger partial charge in [0.2, 0.25) is 0 Å². The molecule has 0 atom stereocenters.